The number of primary amides is 1. The number of ether oxygens (including phenoxy) is 1. The van der Waals surface area contributed by atoms with E-state index in [1.807, 2.05) is 0 Å². The van der Waals surface area contributed by atoms with Crippen LogP contribution >= 0.6 is 11.8 Å². The van der Waals surface area contributed by atoms with E-state index in [0.29, 0.717) is 10.6 Å². The first-order valence-electron chi connectivity index (χ1n) is 6.82. The van der Waals surface area contributed by atoms with Gasteiger partial charge >= 0.3 is 6.61 Å². The Labute approximate surface area is 141 Å². The van der Waals surface area contributed by atoms with Gasteiger partial charge in [-0.3, -0.25) is 9.59 Å². The van der Waals surface area contributed by atoms with Gasteiger partial charge in [-0.25, -0.2) is 0 Å². The number of amides is 2. The van der Waals surface area contributed by atoms with E-state index in [-0.39, 0.29) is 17.1 Å². The average molecular weight is 352 g/mol. The molecule has 0 saturated carbocycles. The van der Waals surface area contributed by atoms with Crippen LogP contribution in [0.5, 0.6) is 5.75 Å². The highest BCUT2D eigenvalue weighted by Gasteiger charge is 2.11. The molecular weight excluding hydrogens is 338 g/mol. The molecule has 0 spiro atoms. The Hall–Kier alpha value is -2.61. The van der Waals surface area contributed by atoms with Crippen LogP contribution in [0.1, 0.15) is 10.4 Å². The van der Waals surface area contributed by atoms with Gasteiger partial charge in [0.05, 0.1) is 11.4 Å². The fourth-order valence-corrected chi connectivity index (χ4v) is 2.57. The van der Waals surface area contributed by atoms with Crippen LogP contribution in [-0.2, 0) is 4.79 Å². The zero-order valence-electron chi connectivity index (χ0n) is 12.4. The lowest BCUT2D eigenvalue weighted by Crippen LogP contribution is -2.14. The number of carbonyl (C=O) groups is 2. The van der Waals surface area contributed by atoms with E-state index in [2.05, 4.69) is 10.1 Å². The van der Waals surface area contributed by atoms with Crippen LogP contribution in [0.15, 0.2) is 53.4 Å². The van der Waals surface area contributed by atoms with Crippen LogP contribution in [0.25, 0.3) is 0 Å². The molecule has 126 valence electrons. The van der Waals surface area contributed by atoms with Crippen LogP contribution in [0.3, 0.4) is 0 Å². The number of hydrogen-bond acceptors (Lipinski definition) is 4. The summed E-state index contributed by atoms with van der Waals surface area (Å²) in [6, 6.07) is 12.3. The molecule has 0 atom stereocenters. The summed E-state index contributed by atoms with van der Waals surface area (Å²) in [7, 11) is 0. The monoisotopic (exact) mass is 352 g/mol. The van der Waals surface area contributed by atoms with Gasteiger partial charge in [-0.15, -0.1) is 11.8 Å². The molecule has 2 aromatic rings. The van der Waals surface area contributed by atoms with Gasteiger partial charge in [-0.05, 0) is 36.4 Å². The highest BCUT2D eigenvalue weighted by atomic mass is 32.2. The molecule has 0 aliphatic heterocycles. The second-order valence-corrected chi connectivity index (χ2v) is 5.63. The van der Waals surface area contributed by atoms with Gasteiger partial charge in [0.25, 0.3) is 5.91 Å². The predicted octanol–water partition coefficient (Wildman–Crippen LogP) is 3.12. The molecule has 0 saturated heterocycles. The molecule has 0 unspecified atom stereocenters. The van der Waals surface area contributed by atoms with Crippen molar-refractivity contribution in [2.24, 2.45) is 5.73 Å². The fourth-order valence-electron chi connectivity index (χ4n) is 1.83. The molecule has 0 aliphatic carbocycles. The summed E-state index contributed by atoms with van der Waals surface area (Å²) in [5.74, 6) is -0.813. The molecule has 0 aromatic heterocycles. The number of rotatable bonds is 7. The van der Waals surface area contributed by atoms with E-state index in [1.54, 1.807) is 24.3 Å². The highest BCUT2D eigenvalue weighted by molar-refractivity contribution is 8.00. The predicted molar refractivity (Wildman–Crippen MR) is 87.4 cm³/mol. The molecule has 2 amide bonds. The lowest BCUT2D eigenvalue weighted by Gasteiger charge is -2.10. The molecule has 5 nitrogen and oxygen atoms in total. The number of halogens is 2. The van der Waals surface area contributed by atoms with Crippen molar-refractivity contribution in [2.75, 3.05) is 11.1 Å². The number of anilines is 1. The van der Waals surface area contributed by atoms with Crippen molar-refractivity contribution in [3.8, 4) is 5.75 Å². The van der Waals surface area contributed by atoms with Crippen molar-refractivity contribution >= 4 is 29.3 Å². The first kappa shape index (κ1) is 17.7. The Morgan fingerprint density at radius 2 is 1.79 bits per heavy atom. The Bertz CT molecular complexity index is 724. The summed E-state index contributed by atoms with van der Waals surface area (Å²) in [5.41, 5.74) is 5.93. The van der Waals surface area contributed by atoms with Gasteiger partial charge in [0.2, 0.25) is 5.91 Å². The van der Waals surface area contributed by atoms with Crippen LogP contribution < -0.4 is 15.8 Å². The molecule has 0 aliphatic rings. The van der Waals surface area contributed by atoms with Gasteiger partial charge in [0.15, 0.2) is 0 Å². The molecule has 2 aromatic carbocycles. The number of nitrogens with two attached hydrogens (primary N) is 1. The Morgan fingerprint density at radius 1 is 1.12 bits per heavy atom. The maximum absolute atomic E-state index is 12.2. The van der Waals surface area contributed by atoms with Gasteiger partial charge < -0.3 is 15.8 Å². The zero-order chi connectivity index (χ0) is 17.5. The molecule has 0 heterocycles. The number of thioether (sulfide) groups is 1. The molecule has 0 fully saturated rings. The van der Waals surface area contributed by atoms with Gasteiger partial charge in [-0.1, -0.05) is 12.1 Å². The van der Waals surface area contributed by atoms with Crippen LogP contribution in [0.4, 0.5) is 14.5 Å². The van der Waals surface area contributed by atoms with Crippen molar-refractivity contribution < 1.29 is 23.1 Å². The van der Waals surface area contributed by atoms with Crippen molar-refractivity contribution in [3.63, 3.8) is 0 Å². The topological polar surface area (TPSA) is 81.4 Å². The summed E-state index contributed by atoms with van der Waals surface area (Å²) in [5, 5.41) is 2.71. The third kappa shape index (κ3) is 5.24. The van der Waals surface area contributed by atoms with Gasteiger partial charge in [0.1, 0.15) is 5.75 Å². The number of nitrogens with one attached hydrogen (secondary N) is 1. The van der Waals surface area contributed by atoms with E-state index in [4.69, 9.17) is 5.73 Å². The number of para-hydroxylation sites is 1. The van der Waals surface area contributed by atoms with E-state index in [0.717, 1.165) is 0 Å². The number of alkyl halides is 2. The Balaban J connectivity index is 2.08. The maximum Gasteiger partial charge on any atom is 0.387 e. The lowest BCUT2D eigenvalue weighted by atomic mass is 10.2. The second-order valence-electron chi connectivity index (χ2n) is 4.61. The van der Waals surface area contributed by atoms with Crippen molar-refractivity contribution in [2.45, 2.75) is 11.5 Å². The minimum absolute atomic E-state index is 0.0287. The second kappa shape index (κ2) is 8.30. The third-order valence-corrected chi connectivity index (χ3v) is 3.94. The van der Waals surface area contributed by atoms with Crippen molar-refractivity contribution in [1.82, 2.24) is 0 Å². The smallest absolute Gasteiger partial charge is 0.387 e. The quantitative estimate of drug-likeness (QED) is 0.750. The van der Waals surface area contributed by atoms with E-state index in [9.17, 15) is 18.4 Å². The normalized spacial score (nSPS) is 10.5. The van der Waals surface area contributed by atoms with E-state index >= 15 is 0 Å². The molecule has 2 rings (SSSR count). The standard InChI is InChI=1S/C16H14F2N2O3S/c17-16(18)23-11-7-5-10(6-8-11)15(22)20-12-3-1-2-4-13(12)24-9-14(19)21/h1-8,16H,9H2,(H2,19,21)(H,20,22). The van der Waals surface area contributed by atoms with Crippen LogP contribution in [0.2, 0.25) is 0 Å². The van der Waals surface area contributed by atoms with E-state index < -0.39 is 18.4 Å². The molecule has 24 heavy (non-hydrogen) atoms. The number of hydrogen-bond donors (Lipinski definition) is 2. The molecule has 3 N–H and O–H groups in total. The first-order valence-corrected chi connectivity index (χ1v) is 7.80. The molecular formula is C16H14F2N2O3S. The SMILES string of the molecule is NC(=O)CSc1ccccc1NC(=O)c1ccc(OC(F)F)cc1. The minimum Gasteiger partial charge on any atom is -0.435 e. The summed E-state index contributed by atoms with van der Waals surface area (Å²) < 4.78 is 28.4. The summed E-state index contributed by atoms with van der Waals surface area (Å²) >= 11 is 1.21. The summed E-state index contributed by atoms with van der Waals surface area (Å²) in [4.78, 5) is 23.8. The third-order valence-electron chi connectivity index (χ3n) is 2.85. The molecule has 0 radical (unpaired) electrons. The Kier molecular flexibility index (Phi) is 6.14. The van der Waals surface area contributed by atoms with E-state index in [1.165, 1.54) is 36.0 Å². The minimum atomic E-state index is -2.92. The molecule has 0 bridgehead atoms. The van der Waals surface area contributed by atoms with Crippen LogP contribution in [0, 0.1) is 0 Å². The van der Waals surface area contributed by atoms with Crippen molar-refractivity contribution in [1.29, 1.82) is 0 Å². The van der Waals surface area contributed by atoms with Crippen molar-refractivity contribution in [3.05, 3.63) is 54.1 Å². The molecule has 8 heteroatoms. The highest BCUT2D eigenvalue weighted by Crippen LogP contribution is 2.27. The average Bonchev–Trinajstić information content (AvgIpc) is 2.54. The van der Waals surface area contributed by atoms with Gasteiger partial charge in [0, 0.05) is 10.5 Å². The lowest BCUT2D eigenvalue weighted by molar-refractivity contribution is -0.115. The Morgan fingerprint density at radius 3 is 2.42 bits per heavy atom. The summed E-state index contributed by atoms with van der Waals surface area (Å²) in [6.07, 6.45) is 0. The summed E-state index contributed by atoms with van der Waals surface area (Å²) in [6.45, 7) is -2.92. The number of carbonyl (C=O) groups excluding carboxylic acids is 2. The fraction of sp³-hybridized carbons (Fsp3) is 0.125. The first-order chi connectivity index (χ1) is 11.5. The van der Waals surface area contributed by atoms with Gasteiger partial charge in [-0.2, -0.15) is 8.78 Å². The largest absolute Gasteiger partial charge is 0.435 e. The maximum atomic E-state index is 12.2. The zero-order valence-corrected chi connectivity index (χ0v) is 13.2. The van der Waals surface area contributed by atoms with Crippen LogP contribution in [-0.4, -0.2) is 24.2 Å². The number of benzene rings is 2.